The van der Waals surface area contributed by atoms with E-state index < -0.39 is 11.4 Å². The minimum atomic E-state index is -0.700. The second-order valence-electron chi connectivity index (χ2n) is 6.28. The molecule has 0 radical (unpaired) electrons. The summed E-state index contributed by atoms with van der Waals surface area (Å²) in [5, 5.41) is 13.5. The standard InChI is InChI=1S/C15H25N3O3/c1-4-5-6-12-16-13(21-17-12)9-18-8-7-15(10-18,11(2)3)14(19)20/h11H,4-10H2,1-3H3,(H,19,20). The monoisotopic (exact) mass is 295 g/mol. The maximum atomic E-state index is 11.6. The molecule has 1 aliphatic rings. The molecule has 1 aromatic heterocycles. The molecule has 0 spiro atoms. The molecule has 21 heavy (non-hydrogen) atoms. The summed E-state index contributed by atoms with van der Waals surface area (Å²) in [6.07, 6.45) is 3.67. The van der Waals surface area contributed by atoms with Crippen LogP contribution in [0.4, 0.5) is 0 Å². The van der Waals surface area contributed by atoms with Crippen LogP contribution in [0.15, 0.2) is 4.52 Å². The molecule has 118 valence electrons. The van der Waals surface area contributed by atoms with Gasteiger partial charge < -0.3 is 9.63 Å². The lowest BCUT2D eigenvalue weighted by atomic mass is 9.76. The van der Waals surface area contributed by atoms with Crippen molar-refractivity contribution in [1.29, 1.82) is 0 Å². The molecule has 1 fully saturated rings. The Hall–Kier alpha value is -1.43. The molecule has 1 N–H and O–H groups in total. The summed E-state index contributed by atoms with van der Waals surface area (Å²) in [7, 11) is 0. The van der Waals surface area contributed by atoms with Crippen LogP contribution >= 0.6 is 0 Å². The number of aryl methyl sites for hydroxylation is 1. The van der Waals surface area contributed by atoms with E-state index in [4.69, 9.17) is 4.52 Å². The third-order valence-electron chi connectivity index (χ3n) is 4.53. The van der Waals surface area contributed by atoms with Crippen molar-refractivity contribution in [3.05, 3.63) is 11.7 Å². The van der Waals surface area contributed by atoms with Crippen LogP contribution in [0.25, 0.3) is 0 Å². The second kappa shape index (κ2) is 6.56. The minimum absolute atomic E-state index is 0.114. The van der Waals surface area contributed by atoms with Crippen molar-refractivity contribution < 1.29 is 14.4 Å². The smallest absolute Gasteiger partial charge is 0.311 e. The number of carboxylic acids is 1. The van der Waals surface area contributed by atoms with E-state index in [1.807, 2.05) is 13.8 Å². The van der Waals surface area contributed by atoms with E-state index in [0.717, 1.165) is 31.6 Å². The lowest BCUT2D eigenvalue weighted by Crippen LogP contribution is -2.39. The zero-order chi connectivity index (χ0) is 15.5. The highest BCUT2D eigenvalue weighted by molar-refractivity contribution is 5.75. The fourth-order valence-corrected chi connectivity index (χ4v) is 2.92. The highest BCUT2D eigenvalue weighted by atomic mass is 16.5. The van der Waals surface area contributed by atoms with E-state index in [0.29, 0.717) is 25.4 Å². The number of hydrogen-bond acceptors (Lipinski definition) is 5. The van der Waals surface area contributed by atoms with Gasteiger partial charge in [-0.05, 0) is 25.3 Å². The van der Waals surface area contributed by atoms with Crippen molar-refractivity contribution in [3.8, 4) is 0 Å². The van der Waals surface area contributed by atoms with Gasteiger partial charge in [-0.2, -0.15) is 4.98 Å². The molecular formula is C15H25N3O3. The summed E-state index contributed by atoms with van der Waals surface area (Å²) in [4.78, 5) is 18.1. The fourth-order valence-electron chi connectivity index (χ4n) is 2.92. The number of aliphatic carboxylic acids is 1. The van der Waals surface area contributed by atoms with Crippen LogP contribution in [0.2, 0.25) is 0 Å². The van der Waals surface area contributed by atoms with Crippen LogP contribution in [0, 0.1) is 11.3 Å². The van der Waals surface area contributed by atoms with Crippen LogP contribution in [0.5, 0.6) is 0 Å². The highest BCUT2D eigenvalue weighted by Crippen LogP contribution is 2.38. The zero-order valence-electron chi connectivity index (χ0n) is 13.1. The molecule has 2 rings (SSSR count). The number of rotatable bonds is 7. The molecule has 1 saturated heterocycles. The van der Waals surface area contributed by atoms with Gasteiger partial charge in [-0.3, -0.25) is 9.69 Å². The van der Waals surface area contributed by atoms with Crippen molar-refractivity contribution in [2.24, 2.45) is 11.3 Å². The van der Waals surface area contributed by atoms with E-state index in [1.165, 1.54) is 0 Å². The van der Waals surface area contributed by atoms with Gasteiger partial charge in [-0.1, -0.05) is 32.3 Å². The van der Waals surface area contributed by atoms with Crippen LogP contribution in [0.3, 0.4) is 0 Å². The third-order valence-corrected chi connectivity index (χ3v) is 4.53. The summed E-state index contributed by atoms with van der Waals surface area (Å²) < 4.78 is 5.26. The number of carbonyl (C=O) groups is 1. The molecular weight excluding hydrogens is 270 g/mol. The molecule has 1 atom stereocenters. The van der Waals surface area contributed by atoms with Gasteiger partial charge in [0, 0.05) is 13.0 Å². The van der Waals surface area contributed by atoms with Gasteiger partial charge >= 0.3 is 5.97 Å². The van der Waals surface area contributed by atoms with Gasteiger partial charge in [-0.15, -0.1) is 0 Å². The first-order valence-corrected chi connectivity index (χ1v) is 7.75. The van der Waals surface area contributed by atoms with Gasteiger partial charge in [-0.25, -0.2) is 0 Å². The van der Waals surface area contributed by atoms with Crippen molar-refractivity contribution in [1.82, 2.24) is 15.0 Å². The topological polar surface area (TPSA) is 79.5 Å². The Kier molecular flexibility index (Phi) is 4.98. The average Bonchev–Trinajstić information content (AvgIpc) is 3.04. The van der Waals surface area contributed by atoms with E-state index in [9.17, 15) is 9.90 Å². The molecule has 1 unspecified atom stereocenters. The Morgan fingerprint density at radius 1 is 1.52 bits per heavy atom. The highest BCUT2D eigenvalue weighted by Gasteiger charge is 2.47. The van der Waals surface area contributed by atoms with Gasteiger partial charge in [0.1, 0.15) is 0 Å². The molecule has 0 saturated carbocycles. The van der Waals surface area contributed by atoms with Crippen molar-refractivity contribution >= 4 is 5.97 Å². The molecule has 2 heterocycles. The minimum Gasteiger partial charge on any atom is -0.481 e. The first-order chi connectivity index (χ1) is 9.98. The number of nitrogens with zero attached hydrogens (tertiary/aromatic N) is 3. The van der Waals surface area contributed by atoms with E-state index in [1.54, 1.807) is 0 Å². The predicted octanol–water partition coefficient (Wildman–Crippen LogP) is 2.34. The summed E-state index contributed by atoms with van der Waals surface area (Å²) in [6.45, 7) is 7.94. The van der Waals surface area contributed by atoms with Crippen molar-refractivity contribution in [3.63, 3.8) is 0 Å². The molecule has 0 amide bonds. The molecule has 1 aliphatic heterocycles. The number of carboxylic acid groups (broad SMARTS) is 1. The van der Waals surface area contributed by atoms with E-state index in [2.05, 4.69) is 22.0 Å². The predicted molar refractivity (Wildman–Crippen MR) is 77.7 cm³/mol. The lowest BCUT2D eigenvalue weighted by molar-refractivity contribution is -0.151. The van der Waals surface area contributed by atoms with Gasteiger partial charge in [0.15, 0.2) is 5.82 Å². The summed E-state index contributed by atoms with van der Waals surface area (Å²) in [6, 6.07) is 0. The first-order valence-electron chi connectivity index (χ1n) is 7.75. The molecule has 0 aliphatic carbocycles. The molecule has 0 aromatic carbocycles. The molecule has 6 nitrogen and oxygen atoms in total. The van der Waals surface area contributed by atoms with Crippen LogP contribution in [0.1, 0.15) is 51.7 Å². The maximum Gasteiger partial charge on any atom is 0.311 e. The summed E-state index contributed by atoms with van der Waals surface area (Å²) >= 11 is 0. The lowest BCUT2D eigenvalue weighted by Gasteiger charge is -2.28. The second-order valence-corrected chi connectivity index (χ2v) is 6.28. The third kappa shape index (κ3) is 3.43. The Morgan fingerprint density at radius 3 is 2.86 bits per heavy atom. The Morgan fingerprint density at radius 2 is 2.29 bits per heavy atom. The first kappa shape index (κ1) is 15.9. The van der Waals surface area contributed by atoms with E-state index >= 15 is 0 Å². The Labute approximate surface area is 125 Å². The molecule has 0 bridgehead atoms. The zero-order valence-corrected chi connectivity index (χ0v) is 13.1. The average molecular weight is 295 g/mol. The molecule has 6 heteroatoms. The Balaban J connectivity index is 1.96. The number of aromatic nitrogens is 2. The van der Waals surface area contributed by atoms with Gasteiger partial charge in [0.05, 0.1) is 12.0 Å². The Bertz CT molecular complexity index is 486. The summed E-state index contributed by atoms with van der Waals surface area (Å²) in [5.74, 6) is 0.752. The quantitative estimate of drug-likeness (QED) is 0.831. The van der Waals surface area contributed by atoms with Crippen LogP contribution in [-0.2, 0) is 17.8 Å². The SMILES string of the molecule is CCCCc1noc(CN2CCC(C(=O)O)(C(C)C)C2)n1. The summed E-state index contributed by atoms with van der Waals surface area (Å²) in [5.41, 5.74) is -0.648. The van der Waals surface area contributed by atoms with Crippen LogP contribution in [-0.4, -0.2) is 39.2 Å². The normalized spacial score (nSPS) is 23.0. The van der Waals surface area contributed by atoms with E-state index in [-0.39, 0.29) is 5.92 Å². The van der Waals surface area contributed by atoms with Crippen molar-refractivity contribution in [2.75, 3.05) is 13.1 Å². The number of hydrogen-bond donors (Lipinski definition) is 1. The molecule has 1 aromatic rings. The largest absolute Gasteiger partial charge is 0.481 e. The fraction of sp³-hybridized carbons (Fsp3) is 0.800. The van der Waals surface area contributed by atoms with Crippen molar-refractivity contribution in [2.45, 2.75) is 53.0 Å². The number of unbranched alkanes of at least 4 members (excludes halogenated alkanes) is 1. The number of likely N-dealkylation sites (tertiary alicyclic amines) is 1. The maximum absolute atomic E-state index is 11.6. The van der Waals surface area contributed by atoms with Crippen LogP contribution < -0.4 is 0 Å². The van der Waals surface area contributed by atoms with Gasteiger partial charge in [0.25, 0.3) is 0 Å². The van der Waals surface area contributed by atoms with Gasteiger partial charge in [0.2, 0.25) is 5.89 Å².